The quantitative estimate of drug-likeness (QED) is 0.873. The summed E-state index contributed by atoms with van der Waals surface area (Å²) < 4.78 is 11.2. The highest BCUT2D eigenvalue weighted by molar-refractivity contribution is 6.08. The number of carbonyl (C=O) groups excluding carboxylic acids is 1. The lowest BCUT2D eigenvalue weighted by molar-refractivity contribution is 0.0962. The first-order valence-corrected chi connectivity index (χ1v) is 7.50. The number of nitrogens with zero attached hydrogens (tertiary/aromatic N) is 1. The maximum atomic E-state index is 13.0. The molecular formula is C18H19NO3. The van der Waals surface area contributed by atoms with Gasteiger partial charge in [0.25, 0.3) is 5.91 Å². The normalized spacial score (nSPS) is 14.1. The molecule has 1 heterocycles. The Morgan fingerprint density at radius 1 is 1.18 bits per heavy atom. The Labute approximate surface area is 130 Å². The summed E-state index contributed by atoms with van der Waals surface area (Å²) >= 11 is 0. The van der Waals surface area contributed by atoms with E-state index in [2.05, 4.69) is 0 Å². The second-order valence-corrected chi connectivity index (χ2v) is 5.07. The van der Waals surface area contributed by atoms with Crippen molar-refractivity contribution < 1.29 is 14.3 Å². The average molecular weight is 297 g/mol. The van der Waals surface area contributed by atoms with Gasteiger partial charge in [-0.25, -0.2) is 0 Å². The summed E-state index contributed by atoms with van der Waals surface area (Å²) in [4.78, 5) is 14.8. The van der Waals surface area contributed by atoms with Crippen molar-refractivity contribution >= 4 is 11.6 Å². The van der Waals surface area contributed by atoms with E-state index in [1.165, 1.54) is 0 Å². The molecule has 1 aliphatic heterocycles. The lowest BCUT2D eigenvalue weighted by Gasteiger charge is -2.23. The molecule has 0 saturated carbocycles. The lowest BCUT2D eigenvalue weighted by atomic mass is 10.1. The van der Waals surface area contributed by atoms with Crippen LogP contribution in [0.2, 0.25) is 0 Å². The third kappa shape index (κ3) is 2.83. The number of amides is 1. The molecule has 114 valence electrons. The number of hydrogen-bond donors (Lipinski definition) is 0. The Kier molecular flexibility index (Phi) is 4.39. The van der Waals surface area contributed by atoms with Gasteiger partial charge in [0.05, 0.1) is 25.4 Å². The molecule has 0 radical (unpaired) electrons. The smallest absolute Gasteiger partial charge is 0.262 e. The van der Waals surface area contributed by atoms with Crippen molar-refractivity contribution in [1.82, 2.24) is 0 Å². The molecule has 0 aromatic heterocycles. The Morgan fingerprint density at radius 3 is 2.82 bits per heavy atom. The largest absolute Gasteiger partial charge is 0.493 e. The Balaban J connectivity index is 1.99. The van der Waals surface area contributed by atoms with Crippen LogP contribution in [0.25, 0.3) is 0 Å². The summed E-state index contributed by atoms with van der Waals surface area (Å²) in [6.45, 7) is 4.04. The number of rotatable bonds is 3. The zero-order valence-corrected chi connectivity index (χ0v) is 12.6. The number of fused-ring (bicyclic) bond motifs is 1. The van der Waals surface area contributed by atoms with Crippen LogP contribution in [0.4, 0.5) is 5.69 Å². The van der Waals surface area contributed by atoms with Gasteiger partial charge in [-0.1, -0.05) is 30.3 Å². The molecule has 0 saturated heterocycles. The molecule has 0 unspecified atom stereocenters. The van der Waals surface area contributed by atoms with Crippen LogP contribution in [-0.4, -0.2) is 25.7 Å². The van der Waals surface area contributed by atoms with Crippen LogP contribution < -0.4 is 9.64 Å². The summed E-state index contributed by atoms with van der Waals surface area (Å²) in [5, 5.41) is 0. The van der Waals surface area contributed by atoms with Gasteiger partial charge in [-0.3, -0.25) is 4.79 Å². The van der Waals surface area contributed by atoms with E-state index in [-0.39, 0.29) is 5.91 Å². The van der Waals surface area contributed by atoms with Gasteiger partial charge in [-0.15, -0.1) is 0 Å². The average Bonchev–Trinajstić information content (AvgIpc) is 2.77. The second kappa shape index (κ2) is 6.62. The molecule has 4 heteroatoms. The fourth-order valence-electron chi connectivity index (χ4n) is 2.64. The maximum Gasteiger partial charge on any atom is 0.262 e. The van der Waals surface area contributed by atoms with Crippen molar-refractivity contribution in [2.45, 2.75) is 13.5 Å². The van der Waals surface area contributed by atoms with E-state index < -0.39 is 0 Å². The molecule has 22 heavy (non-hydrogen) atoms. The summed E-state index contributed by atoms with van der Waals surface area (Å²) in [5.74, 6) is 0.569. The van der Waals surface area contributed by atoms with E-state index in [1.54, 1.807) is 4.90 Å². The summed E-state index contributed by atoms with van der Waals surface area (Å²) in [6, 6.07) is 15.2. The molecule has 3 rings (SSSR count). The Hall–Kier alpha value is -2.33. The molecule has 2 aromatic carbocycles. The molecule has 0 aliphatic carbocycles. The molecule has 1 aliphatic rings. The van der Waals surface area contributed by atoms with E-state index in [4.69, 9.17) is 9.47 Å². The predicted molar refractivity (Wildman–Crippen MR) is 85.4 cm³/mol. The van der Waals surface area contributed by atoms with Gasteiger partial charge >= 0.3 is 0 Å². The molecular weight excluding hydrogens is 278 g/mol. The van der Waals surface area contributed by atoms with E-state index in [0.717, 1.165) is 11.3 Å². The van der Waals surface area contributed by atoms with Crippen molar-refractivity contribution in [3.8, 4) is 5.75 Å². The molecule has 0 fully saturated rings. The van der Waals surface area contributed by atoms with Crippen LogP contribution in [0.5, 0.6) is 5.75 Å². The lowest BCUT2D eigenvalue weighted by Crippen LogP contribution is -2.33. The fourth-order valence-corrected chi connectivity index (χ4v) is 2.64. The van der Waals surface area contributed by atoms with Crippen LogP contribution >= 0.6 is 0 Å². The minimum absolute atomic E-state index is 0.0537. The third-order valence-corrected chi connectivity index (χ3v) is 3.66. The van der Waals surface area contributed by atoms with Crippen molar-refractivity contribution in [3.05, 3.63) is 59.7 Å². The van der Waals surface area contributed by atoms with Gasteiger partial charge in [-0.2, -0.15) is 0 Å². The van der Waals surface area contributed by atoms with Gasteiger partial charge in [0.15, 0.2) is 0 Å². The van der Waals surface area contributed by atoms with Crippen LogP contribution in [0.1, 0.15) is 22.8 Å². The molecule has 2 aromatic rings. The first-order chi connectivity index (χ1) is 10.8. The topological polar surface area (TPSA) is 38.8 Å². The maximum absolute atomic E-state index is 13.0. The van der Waals surface area contributed by atoms with Crippen LogP contribution in [0, 0.1) is 0 Å². The molecule has 0 N–H and O–H groups in total. The molecule has 4 nitrogen and oxygen atoms in total. The van der Waals surface area contributed by atoms with Crippen molar-refractivity contribution in [2.75, 3.05) is 24.7 Å². The second-order valence-electron chi connectivity index (χ2n) is 5.07. The van der Waals surface area contributed by atoms with Crippen LogP contribution in [-0.2, 0) is 11.3 Å². The predicted octanol–water partition coefficient (Wildman–Crippen LogP) is 3.26. The third-order valence-electron chi connectivity index (χ3n) is 3.66. The highest BCUT2D eigenvalue weighted by atomic mass is 16.5. The Morgan fingerprint density at radius 2 is 1.95 bits per heavy atom. The zero-order chi connectivity index (χ0) is 15.4. The molecule has 0 bridgehead atoms. The van der Waals surface area contributed by atoms with E-state index in [9.17, 15) is 4.79 Å². The number of benzene rings is 2. The van der Waals surface area contributed by atoms with Crippen molar-refractivity contribution in [1.29, 1.82) is 0 Å². The SMILES string of the molecule is CCOc1ccccc1C(=O)N1CCOCc2ccccc21. The highest BCUT2D eigenvalue weighted by Gasteiger charge is 2.24. The van der Waals surface area contributed by atoms with Gasteiger partial charge in [0, 0.05) is 17.8 Å². The number of hydrogen-bond acceptors (Lipinski definition) is 3. The van der Waals surface area contributed by atoms with E-state index in [0.29, 0.717) is 37.7 Å². The molecule has 0 atom stereocenters. The standard InChI is InChI=1S/C18H19NO3/c1-2-22-17-10-6-4-8-15(17)18(20)19-11-12-21-13-14-7-3-5-9-16(14)19/h3-10H,2,11-13H2,1H3. The number of para-hydroxylation sites is 2. The first kappa shape index (κ1) is 14.6. The van der Waals surface area contributed by atoms with Crippen molar-refractivity contribution in [2.24, 2.45) is 0 Å². The molecule has 1 amide bonds. The summed E-state index contributed by atoms with van der Waals surface area (Å²) in [6.07, 6.45) is 0. The van der Waals surface area contributed by atoms with E-state index in [1.807, 2.05) is 55.5 Å². The fraction of sp³-hybridized carbons (Fsp3) is 0.278. The molecule has 0 spiro atoms. The zero-order valence-electron chi connectivity index (χ0n) is 12.6. The van der Waals surface area contributed by atoms with Crippen LogP contribution in [0.15, 0.2) is 48.5 Å². The minimum atomic E-state index is -0.0537. The highest BCUT2D eigenvalue weighted by Crippen LogP contribution is 2.28. The number of anilines is 1. The van der Waals surface area contributed by atoms with Gasteiger partial charge < -0.3 is 14.4 Å². The van der Waals surface area contributed by atoms with Crippen molar-refractivity contribution in [3.63, 3.8) is 0 Å². The monoisotopic (exact) mass is 297 g/mol. The van der Waals surface area contributed by atoms with Gasteiger partial charge in [0.1, 0.15) is 5.75 Å². The minimum Gasteiger partial charge on any atom is -0.493 e. The summed E-state index contributed by atoms with van der Waals surface area (Å²) in [5.41, 5.74) is 2.53. The van der Waals surface area contributed by atoms with E-state index >= 15 is 0 Å². The van der Waals surface area contributed by atoms with Crippen LogP contribution in [0.3, 0.4) is 0 Å². The van der Waals surface area contributed by atoms with Gasteiger partial charge in [0.2, 0.25) is 0 Å². The van der Waals surface area contributed by atoms with Gasteiger partial charge in [-0.05, 0) is 25.1 Å². The number of carbonyl (C=O) groups is 1. The number of ether oxygens (including phenoxy) is 2. The first-order valence-electron chi connectivity index (χ1n) is 7.50. The Bertz CT molecular complexity index is 669. The summed E-state index contributed by atoms with van der Waals surface area (Å²) in [7, 11) is 0.